The molecule has 0 amide bonds. The predicted octanol–water partition coefficient (Wildman–Crippen LogP) is 6.81. The monoisotopic (exact) mass is 418 g/mol. The number of fused-ring (bicyclic) bond motifs is 1. The number of hydrogen-bond acceptors (Lipinski definition) is 3. The second-order valence-corrected chi connectivity index (χ2v) is 8.16. The zero-order valence-corrected chi connectivity index (χ0v) is 17.4. The van der Waals surface area contributed by atoms with Crippen LogP contribution in [0.25, 0.3) is 49.8 Å². The Hall–Kier alpha value is -3.96. The molecule has 31 heavy (non-hydrogen) atoms. The van der Waals surface area contributed by atoms with Gasteiger partial charge in [0.25, 0.3) is 0 Å². The van der Waals surface area contributed by atoms with Gasteiger partial charge >= 0.3 is 0 Å². The van der Waals surface area contributed by atoms with Crippen LogP contribution < -0.4 is 0 Å². The van der Waals surface area contributed by atoms with E-state index in [4.69, 9.17) is 10.1 Å². The molecule has 0 unspecified atom stereocenters. The molecule has 0 aliphatic heterocycles. The first-order chi connectivity index (χ1) is 15.4. The van der Waals surface area contributed by atoms with Gasteiger partial charge in [-0.2, -0.15) is 5.10 Å². The van der Waals surface area contributed by atoms with E-state index in [1.807, 2.05) is 47.3 Å². The van der Waals surface area contributed by atoms with Gasteiger partial charge in [-0.3, -0.25) is 0 Å². The molecular weight excluding hydrogens is 400 g/mol. The Morgan fingerprint density at radius 2 is 1.48 bits per heavy atom. The highest BCUT2D eigenvalue weighted by Gasteiger charge is 2.18. The van der Waals surface area contributed by atoms with Gasteiger partial charge in [0.1, 0.15) is 0 Å². The van der Waals surface area contributed by atoms with Gasteiger partial charge in [0, 0.05) is 39.2 Å². The zero-order valence-electron chi connectivity index (χ0n) is 16.6. The first-order valence-corrected chi connectivity index (χ1v) is 11.0. The summed E-state index contributed by atoms with van der Waals surface area (Å²) in [6.45, 7) is 0. The maximum Gasteiger partial charge on any atom is 0.211 e. The van der Waals surface area contributed by atoms with Gasteiger partial charge in [0.15, 0.2) is 0 Å². The number of thiazole rings is 1. The minimum absolute atomic E-state index is 0.851. The van der Waals surface area contributed by atoms with Gasteiger partial charge in [0.05, 0.1) is 17.1 Å². The molecule has 4 nitrogen and oxygen atoms in total. The summed E-state index contributed by atoms with van der Waals surface area (Å²) in [5.41, 5.74) is 7.35. The Labute approximate surface area is 183 Å². The molecular formula is C26H18N4S. The van der Waals surface area contributed by atoms with E-state index in [9.17, 15) is 0 Å². The van der Waals surface area contributed by atoms with E-state index in [0.717, 1.165) is 44.4 Å². The Morgan fingerprint density at radius 1 is 0.742 bits per heavy atom. The van der Waals surface area contributed by atoms with Crippen molar-refractivity contribution >= 4 is 22.2 Å². The quantitative estimate of drug-likeness (QED) is 0.342. The maximum atomic E-state index is 4.98. The highest BCUT2D eigenvalue weighted by atomic mass is 32.1. The fraction of sp³-hybridized carbons (Fsp3) is 0. The molecule has 0 radical (unpaired) electrons. The molecule has 0 aliphatic carbocycles. The summed E-state index contributed by atoms with van der Waals surface area (Å²) in [7, 11) is 0. The molecule has 0 bridgehead atoms. The summed E-state index contributed by atoms with van der Waals surface area (Å²) in [5, 5.41) is 9.09. The van der Waals surface area contributed by atoms with Crippen LogP contribution in [-0.4, -0.2) is 19.7 Å². The standard InChI is InChI=1S/C26H18N4S/c1-3-8-18(9-4-1)23-16-25(21-12-7-13-22-20(21)14-15-27-22)30(29-23)26-28-24(17-31-26)19-10-5-2-6-11-19/h1-17,27H. The van der Waals surface area contributed by atoms with Crippen molar-refractivity contribution in [3.8, 4) is 38.9 Å². The van der Waals surface area contributed by atoms with Gasteiger partial charge in [-0.1, -0.05) is 72.8 Å². The van der Waals surface area contributed by atoms with Gasteiger partial charge in [-0.05, 0) is 18.2 Å². The zero-order chi connectivity index (χ0) is 20.6. The Kier molecular flexibility index (Phi) is 4.25. The van der Waals surface area contributed by atoms with E-state index in [1.54, 1.807) is 11.3 Å². The van der Waals surface area contributed by atoms with Crippen LogP contribution in [0, 0.1) is 0 Å². The first-order valence-electron chi connectivity index (χ1n) is 10.1. The molecule has 0 aliphatic rings. The minimum Gasteiger partial charge on any atom is -0.361 e. The fourth-order valence-corrected chi connectivity index (χ4v) is 4.68. The SMILES string of the molecule is c1ccc(-c2csc(-n3nc(-c4ccccc4)cc3-c3cccc4[nH]ccc34)n2)cc1. The molecule has 0 saturated heterocycles. The third kappa shape index (κ3) is 3.16. The van der Waals surface area contributed by atoms with E-state index in [-0.39, 0.29) is 0 Å². The lowest BCUT2D eigenvalue weighted by molar-refractivity contribution is 0.882. The van der Waals surface area contributed by atoms with E-state index >= 15 is 0 Å². The van der Waals surface area contributed by atoms with Crippen LogP contribution in [0.1, 0.15) is 0 Å². The summed E-state index contributed by atoms with van der Waals surface area (Å²) < 4.78 is 1.97. The summed E-state index contributed by atoms with van der Waals surface area (Å²) in [6.07, 6.45) is 1.98. The highest BCUT2D eigenvalue weighted by molar-refractivity contribution is 7.12. The Morgan fingerprint density at radius 3 is 2.26 bits per heavy atom. The van der Waals surface area contributed by atoms with Crippen molar-refractivity contribution in [3.05, 3.63) is 103 Å². The molecule has 3 aromatic heterocycles. The lowest BCUT2D eigenvalue weighted by Gasteiger charge is -2.06. The highest BCUT2D eigenvalue weighted by Crippen LogP contribution is 2.34. The van der Waals surface area contributed by atoms with Crippen LogP contribution in [0.4, 0.5) is 0 Å². The summed E-state index contributed by atoms with van der Waals surface area (Å²) in [5.74, 6) is 0. The molecule has 0 atom stereocenters. The second-order valence-electron chi connectivity index (χ2n) is 7.32. The number of nitrogens with zero attached hydrogens (tertiary/aromatic N) is 3. The lowest BCUT2D eigenvalue weighted by Crippen LogP contribution is -1.99. The van der Waals surface area contributed by atoms with Crippen LogP contribution >= 0.6 is 11.3 Å². The topological polar surface area (TPSA) is 46.5 Å². The first kappa shape index (κ1) is 17.9. The third-order valence-corrected chi connectivity index (χ3v) is 6.21. The van der Waals surface area contributed by atoms with E-state index in [2.05, 4.69) is 65.0 Å². The number of H-pyrrole nitrogens is 1. The summed E-state index contributed by atoms with van der Waals surface area (Å²) >= 11 is 1.60. The van der Waals surface area contributed by atoms with E-state index < -0.39 is 0 Å². The van der Waals surface area contributed by atoms with Crippen molar-refractivity contribution in [1.29, 1.82) is 0 Å². The maximum absolute atomic E-state index is 4.98. The minimum atomic E-state index is 0.851. The fourth-order valence-electron chi connectivity index (χ4n) is 3.88. The van der Waals surface area contributed by atoms with Crippen molar-refractivity contribution in [2.75, 3.05) is 0 Å². The summed E-state index contributed by atoms with van der Waals surface area (Å²) in [4.78, 5) is 8.23. The summed E-state index contributed by atoms with van der Waals surface area (Å²) in [6, 6.07) is 31.1. The molecule has 5 heteroatoms. The average molecular weight is 419 g/mol. The van der Waals surface area contributed by atoms with E-state index in [1.165, 1.54) is 5.39 Å². The largest absolute Gasteiger partial charge is 0.361 e. The molecule has 0 fully saturated rings. The number of aromatic amines is 1. The number of benzene rings is 3. The number of rotatable bonds is 4. The molecule has 6 rings (SSSR count). The van der Waals surface area contributed by atoms with Crippen LogP contribution in [0.15, 0.2) is 103 Å². The van der Waals surface area contributed by atoms with Crippen LogP contribution in [0.5, 0.6) is 0 Å². The van der Waals surface area contributed by atoms with Crippen molar-refractivity contribution < 1.29 is 0 Å². The Bertz CT molecular complexity index is 1480. The molecule has 0 spiro atoms. The molecule has 3 aromatic carbocycles. The average Bonchev–Trinajstić information content (AvgIpc) is 3.59. The van der Waals surface area contributed by atoms with Gasteiger partial charge in [-0.25, -0.2) is 9.67 Å². The van der Waals surface area contributed by atoms with Gasteiger partial charge in [0.2, 0.25) is 5.13 Å². The van der Waals surface area contributed by atoms with Crippen LogP contribution in [-0.2, 0) is 0 Å². The molecule has 6 aromatic rings. The van der Waals surface area contributed by atoms with Gasteiger partial charge < -0.3 is 4.98 Å². The number of nitrogens with one attached hydrogen (secondary N) is 1. The Balaban J connectivity index is 1.55. The number of hydrogen-bond donors (Lipinski definition) is 1. The molecule has 0 saturated carbocycles. The predicted molar refractivity (Wildman–Crippen MR) is 127 cm³/mol. The van der Waals surface area contributed by atoms with Crippen molar-refractivity contribution in [3.63, 3.8) is 0 Å². The normalized spacial score (nSPS) is 11.2. The molecule has 148 valence electrons. The lowest BCUT2D eigenvalue weighted by atomic mass is 10.1. The van der Waals surface area contributed by atoms with Gasteiger partial charge in [-0.15, -0.1) is 11.3 Å². The van der Waals surface area contributed by atoms with Crippen molar-refractivity contribution in [2.24, 2.45) is 0 Å². The molecule has 3 heterocycles. The van der Waals surface area contributed by atoms with Crippen LogP contribution in [0.3, 0.4) is 0 Å². The number of aromatic nitrogens is 4. The van der Waals surface area contributed by atoms with Crippen molar-refractivity contribution in [2.45, 2.75) is 0 Å². The second kappa shape index (κ2) is 7.38. The molecule has 1 N–H and O–H groups in total. The third-order valence-electron chi connectivity index (χ3n) is 5.39. The van der Waals surface area contributed by atoms with E-state index in [0.29, 0.717) is 0 Å². The van der Waals surface area contributed by atoms with Crippen molar-refractivity contribution in [1.82, 2.24) is 19.7 Å². The smallest absolute Gasteiger partial charge is 0.211 e. The van der Waals surface area contributed by atoms with Crippen LogP contribution in [0.2, 0.25) is 0 Å².